The molecule has 3 rings (SSSR count). The molecular weight excluding hydrogens is 172 g/mol. The van der Waals surface area contributed by atoms with Gasteiger partial charge in [0.2, 0.25) is 0 Å². The Balaban J connectivity index is 1.85. The fourth-order valence-corrected chi connectivity index (χ4v) is 2.96. The van der Waals surface area contributed by atoms with Gasteiger partial charge in [0.05, 0.1) is 0 Å². The van der Waals surface area contributed by atoms with E-state index in [1.54, 1.807) is 0 Å². The maximum absolute atomic E-state index is 2.72. The molecule has 3 aliphatic heterocycles. The molecule has 0 aromatic carbocycles. The smallest absolute Gasteiger partial charge is 0.0242 e. The van der Waals surface area contributed by atoms with Gasteiger partial charge in [0, 0.05) is 31.2 Å². The van der Waals surface area contributed by atoms with Crippen molar-refractivity contribution in [3.8, 4) is 0 Å². The van der Waals surface area contributed by atoms with Crippen molar-refractivity contribution >= 4 is 0 Å². The van der Waals surface area contributed by atoms with E-state index in [-0.39, 0.29) is 0 Å². The molecule has 3 fully saturated rings. The summed E-state index contributed by atoms with van der Waals surface area (Å²) < 4.78 is 0. The minimum Gasteiger partial charge on any atom is -0.298 e. The highest BCUT2D eigenvalue weighted by molar-refractivity contribution is 5.01. The Kier molecular flexibility index (Phi) is 3.13. The highest BCUT2D eigenvalue weighted by atomic mass is 15.4. The van der Waals surface area contributed by atoms with Crippen LogP contribution in [0.3, 0.4) is 0 Å². The van der Waals surface area contributed by atoms with Crippen molar-refractivity contribution in [1.82, 2.24) is 9.80 Å². The molecule has 0 aliphatic carbocycles. The summed E-state index contributed by atoms with van der Waals surface area (Å²) >= 11 is 0. The van der Waals surface area contributed by atoms with E-state index in [1.165, 1.54) is 38.9 Å². The maximum Gasteiger partial charge on any atom is 0.0242 e. The lowest BCUT2D eigenvalue weighted by Crippen LogP contribution is -2.69. The van der Waals surface area contributed by atoms with Crippen LogP contribution in [0.2, 0.25) is 0 Å². The fourth-order valence-electron chi connectivity index (χ4n) is 2.96. The van der Waals surface area contributed by atoms with E-state index in [2.05, 4.69) is 30.6 Å². The van der Waals surface area contributed by atoms with Crippen molar-refractivity contribution in [2.75, 3.05) is 19.6 Å². The molecule has 3 atom stereocenters. The molecule has 0 N–H and O–H groups in total. The highest BCUT2D eigenvalue weighted by Crippen LogP contribution is 2.33. The lowest BCUT2D eigenvalue weighted by atomic mass is 9.86. The molecule has 3 saturated heterocycles. The minimum atomic E-state index is 0.795. The summed E-state index contributed by atoms with van der Waals surface area (Å²) in [5.41, 5.74) is 0. The molecule has 0 aromatic rings. The second-order valence-electron chi connectivity index (χ2n) is 4.99. The summed E-state index contributed by atoms with van der Waals surface area (Å²) in [7, 11) is 0. The van der Waals surface area contributed by atoms with Crippen molar-refractivity contribution in [2.45, 2.75) is 58.2 Å². The Morgan fingerprint density at radius 1 is 1.21 bits per heavy atom. The molecule has 2 nitrogen and oxygen atoms in total. The van der Waals surface area contributed by atoms with Gasteiger partial charge in [0.15, 0.2) is 0 Å². The Bertz CT molecular complexity index is 181. The van der Waals surface area contributed by atoms with Crippen LogP contribution in [0.25, 0.3) is 0 Å². The van der Waals surface area contributed by atoms with Crippen molar-refractivity contribution in [2.24, 2.45) is 0 Å². The largest absolute Gasteiger partial charge is 0.298 e. The summed E-state index contributed by atoms with van der Waals surface area (Å²) in [6, 6.07) is 2.58. The van der Waals surface area contributed by atoms with Gasteiger partial charge in [-0.2, -0.15) is 0 Å². The Hall–Kier alpha value is -0.0800. The first kappa shape index (κ1) is 10.4. The third-order valence-electron chi connectivity index (χ3n) is 4.07. The molecule has 3 unspecified atom stereocenters. The van der Waals surface area contributed by atoms with Crippen LogP contribution in [0.5, 0.6) is 0 Å². The first-order valence-electron chi connectivity index (χ1n) is 6.26. The standard InChI is InChI=1S/C12H24N2/c1-4-6-14-11-7-12(14)9-13(8-11)10(3)5-2/h10-12H,4-9H2,1-3H3. The average Bonchev–Trinajstić information content (AvgIpc) is 2.24. The molecule has 0 spiro atoms. The zero-order valence-corrected chi connectivity index (χ0v) is 9.87. The van der Waals surface area contributed by atoms with E-state index in [0.29, 0.717) is 0 Å². The second-order valence-corrected chi connectivity index (χ2v) is 4.99. The Morgan fingerprint density at radius 3 is 2.36 bits per heavy atom. The lowest BCUT2D eigenvalue weighted by molar-refractivity contribution is -0.0798. The molecule has 3 heterocycles. The van der Waals surface area contributed by atoms with Crippen LogP contribution in [0.4, 0.5) is 0 Å². The summed E-state index contributed by atoms with van der Waals surface area (Å²) in [5, 5.41) is 0. The van der Waals surface area contributed by atoms with Gasteiger partial charge in [-0.15, -0.1) is 0 Å². The van der Waals surface area contributed by atoms with Crippen LogP contribution in [-0.2, 0) is 0 Å². The molecule has 0 aromatic heterocycles. The van der Waals surface area contributed by atoms with E-state index in [1.807, 2.05) is 0 Å². The Morgan fingerprint density at radius 2 is 1.86 bits per heavy atom. The van der Waals surface area contributed by atoms with E-state index in [4.69, 9.17) is 0 Å². The molecule has 0 saturated carbocycles. The zero-order chi connectivity index (χ0) is 10.1. The highest BCUT2D eigenvalue weighted by Gasteiger charge is 2.44. The molecule has 2 bridgehead atoms. The van der Waals surface area contributed by atoms with Gasteiger partial charge in [0.1, 0.15) is 0 Å². The second kappa shape index (κ2) is 4.19. The van der Waals surface area contributed by atoms with Gasteiger partial charge in [0.25, 0.3) is 0 Å². The summed E-state index contributed by atoms with van der Waals surface area (Å²) in [6.45, 7) is 10.9. The summed E-state index contributed by atoms with van der Waals surface area (Å²) in [6.07, 6.45) is 4.08. The van der Waals surface area contributed by atoms with Crippen LogP contribution < -0.4 is 0 Å². The minimum absolute atomic E-state index is 0.795. The van der Waals surface area contributed by atoms with Crippen molar-refractivity contribution in [1.29, 1.82) is 0 Å². The van der Waals surface area contributed by atoms with Gasteiger partial charge in [-0.3, -0.25) is 9.80 Å². The third-order valence-corrected chi connectivity index (χ3v) is 4.07. The SMILES string of the molecule is CCCN1C2CC1CN(C(C)CC)C2. The summed E-state index contributed by atoms with van der Waals surface area (Å²) in [5.74, 6) is 0. The monoisotopic (exact) mass is 196 g/mol. The molecule has 14 heavy (non-hydrogen) atoms. The van der Waals surface area contributed by atoms with Gasteiger partial charge in [-0.25, -0.2) is 0 Å². The van der Waals surface area contributed by atoms with Crippen LogP contribution in [0.15, 0.2) is 0 Å². The topological polar surface area (TPSA) is 6.48 Å². The van der Waals surface area contributed by atoms with Crippen LogP contribution in [0.1, 0.15) is 40.0 Å². The third kappa shape index (κ3) is 1.70. The van der Waals surface area contributed by atoms with Crippen LogP contribution >= 0.6 is 0 Å². The first-order valence-corrected chi connectivity index (χ1v) is 6.26. The molecule has 3 aliphatic rings. The lowest BCUT2D eigenvalue weighted by Gasteiger charge is -2.57. The van der Waals surface area contributed by atoms with E-state index in [0.717, 1.165) is 18.1 Å². The molecule has 2 heteroatoms. The van der Waals surface area contributed by atoms with Gasteiger partial charge in [-0.1, -0.05) is 13.8 Å². The predicted octanol–water partition coefficient (Wildman–Crippen LogP) is 1.95. The quantitative estimate of drug-likeness (QED) is 0.678. The molecule has 0 amide bonds. The van der Waals surface area contributed by atoms with Crippen molar-refractivity contribution in [3.63, 3.8) is 0 Å². The number of hydrogen-bond donors (Lipinski definition) is 0. The number of fused-ring (bicyclic) bond motifs is 2. The van der Waals surface area contributed by atoms with E-state index >= 15 is 0 Å². The van der Waals surface area contributed by atoms with Gasteiger partial charge >= 0.3 is 0 Å². The number of rotatable bonds is 4. The first-order chi connectivity index (χ1) is 6.76. The van der Waals surface area contributed by atoms with Gasteiger partial charge < -0.3 is 0 Å². The molecular formula is C12H24N2. The van der Waals surface area contributed by atoms with Crippen molar-refractivity contribution < 1.29 is 0 Å². The van der Waals surface area contributed by atoms with E-state index < -0.39 is 0 Å². The summed E-state index contributed by atoms with van der Waals surface area (Å²) in [4.78, 5) is 5.41. The number of piperidine rings is 1. The van der Waals surface area contributed by atoms with Crippen LogP contribution in [0, 0.1) is 0 Å². The van der Waals surface area contributed by atoms with Crippen molar-refractivity contribution in [3.05, 3.63) is 0 Å². The van der Waals surface area contributed by atoms with E-state index in [9.17, 15) is 0 Å². The molecule has 0 radical (unpaired) electrons. The fraction of sp³-hybridized carbons (Fsp3) is 1.00. The normalized spacial score (nSPS) is 35.4. The maximum atomic E-state index is 2.72. The van der Waals surface area contributed by atoms with Crippen LogP contribution in [-0.4, -0.2) is 47.6 Å². The average molecular weight is 196 g/mol. The zero-order valence-electron chi connectivity index (χ0n) is 9.87. The van der Waals surface area contributed by atoms with Gasteiger partial charge in [-0.05, 0) is 32.7 Å². The molecule has 82 valence electrons. The number of nitrogens with zero attached hydrogens (tertiary/aromatic N) is 2. The number of hydrogen-bond acceptors (Lipinski definition) is 2. The number of piperazine rings is 1. The Labute approximate surface area is 88.3 Å². The predicted molar refractivity (Wildman–Crippen MR) is 60.5 cm³/mol.